The average Bonchev–Trinajstić information content (AvgIpc) is 3.20. The molecule has 1 N–H and O–H groups in total. The fourth-order valence-electron chi connectivity index (χ4n) is 3.51. The Bertz CT molecular complexity index is 1470. The van der Waals surface area contributed by atoms with Crippen LogP contribution >= 0.6 is 12.2 Å². The van der Waals surface area contributed by atoms with Gasteiger partial charge in [0.25, 0.3) is 5.69 Å². The van der Waals surface area contributed by atoms with E-state index in [2.05, 4.69) is 40.3 Å². The van der Waals surface area contributed by atoms with Crippen LogP contribution < -0.4 is 0 Å². The van der Waals surface area contributed by atoms with Gasteiger partial charge in [-0.05, 0) is 34.6 Å². The van der Waals surface area contributed by atoms with Crippen LogP contribution in [0.25, 0.3) is 38.8 Å². The molecular formula is C22H14N4O2S. The van der Waals surface area contributed by atoms with E-state index in [0.29, 0.717) is 10.3 Å². The first-order valence-electron chi connectivity index (χ1n) is 8.94. The lowest BCUT2D eigenvalue weighted by atomic mass is 10.0. The lowest BCUT2D eigenvalue weighted by Gasteiger charge is -2.06. The molecule has 5 rings (SSSR count). The van der Waals surface area contributed by atoms with Gasteiger partial charge in [-0.2, -0.15) is 0 Å². The van der Waals surface area contributed by atoms with Crippen LogP contribution in [0.2, 0.25) is 0 Å². The Hall–Kier alpha value is -3.84. The number of nitro benzene ring substituents is 1. The predicted molar refractivity (Wildman–Crippen MR) is 115 cm³/mol. The fraction of sp³-hybridized carbons (Fsp3) is 0. The standard InChI is InChI=1S/C22H14N4O2S/c27-26(28)18-7-3-6-17(11-18)20-13-25-21(24-20)19(12-23-22(25)29)16-9-8-14-4-1-2-5-15(14)10-16/h1-13,24H. The van der Waals surface area contributed by atoms with E-state index >= 15 is 0 Å². The molecule has 0 amide bonds. The molecule has 0 aliphatic rings. The number of nitro groups is 1. The van der Waals surface area contributed by atoms with Gasteiger partial charge >= 0.3 is 0 Å². The Morgan fingerprint density at radius 1 is 0.966 bits per heavy atom. The molecule has 0 saturated carbocycles. The minimum Gasteiger partial charge on any atom is -0.339 e. The van der Waals surface area contributed by atoms with Gasteiger partial charge < -0.3 is 4.98 Å². The summed E-state index contributed by atoms with van der Waals surface area (Å²) < 4.78 is 2.21. The summed E-state index contributed by atoms with van der Waals surface area (Å²) in [5.74, 6) is 0. The van der Waals surface area contributed by atoms with Crippen molar-refractivity contribution in [3.8, 4) is 22.4 Å². The van der Waals surface area contributed by atoms with Crippen LogP contribution in [0.5, 0.6) is 0 Å². The molecule has 2 heterocycles. The van der Waals surface area contributed by atoms with Crippen molar-refractivity contribution in [2.24, 2.45) is 0 Å². The molecular weight excluding hydrogens is 384 g/mol. The highest BCUT2D eigenvalue weighted by molar-refractivity contribution is 7.71. The van der Waals surface area contributed by atoms with Crippen molar-refractivity contribution < 1.29 is 4.92 Å². The smallest absolute Gasteiger partial charge is 0.270 e. The molecule has 6 nitrogen and oxygen atoms in total. The maximum atomic E-state index is 11.1. The molecule has 0 spiro atoms. The summed E-state index contributed by atoms with van der Waals surface area (Å²) in [6.45, 7) is 0. The third kappa shape index (κ3) is 2.97. The van der Waals surface area contributed by atoms with Gasteiger partial charge in [0.15, 0.2) is 0 Å². The summed E-state index contributed by atoms with van der Waals surface area (Å²) in [7, 11) is 0. The zero-order valence-electron chi connectivity index (χ0n) is 15.1. The number of aromatic amines is 1. The van der Waals surface area contributed by atoms with Crippen molar-refractivity contribution >= 4 is 34.3 Å². The number of nitrogens with zero attached hydrogens (tertiary/aromatic N) is 3. The van der Waals surface area contributed by atoms with Crippen LogP contribution in [-0.2, 0) is 0 Å². The zero-order valence-corrected chi connectivity index (χ0v) is 15.9. The summed E-state index contributed by atoms with van der Waals surface area (Å²) >= 11 is 5.39. The largest absolute Gasteiger partial charge is 0.339 e. The topological polar surface area (TPSA) is 76.2 Å². The Labute approximate surface area is 170 Å². The van der Waals surface area contributed by atoms with Gasteiger partial charge in [-0.25, -0.2) is 4.98 Å². The lowest BCUT2D eigenvalue weighted by molar-refractivity contribution is -0.384. The summed E-state index contributed by atoms with van der Waals surface area (Å²) in [6.07, 6.45) is 3.59. The van der Waals surface area contributed by atoms with Crippen molar-refractivity contribution in [3.05, 3.63) is 94.0 Å². The monoisotopic (exact) mass is 398 g/mol. The Balaban J connectivity index is 1.71. The van der Waals surface area contributed by atoms with Gasteiger partial charge in [-0.15, -0.1) is 0 Å². The minimum atomic E-state index is -0.403. The Morgan fingerprint density at radius 2 is 1.79 bits per heavy atom. The SMILES string of the molecule is O=[N+]([O-])c1cccc(-c2cn3c(=S)ncc(-c4ccc5ccccc5c4)c3[nH]2)c1. The molecule has 0 bridgehead atoms. The van der Waals surface area contributed by atoms with E-state index in [9.17, 15) is 10.1 Å². The van der Waals surface area contributed by atoms with Crippen LogP contribution in [0.1, 0.15) is 0 Å². The molecule has 0 atom stereocenters. The summed E-state index contributed by atoms with van der Waals surface area (Å²) in [5.41, 5.74) is 4.19. The van der Waals surface area contributed by atoms with Crippen molar-refractivity contribution in [1.82, 2.24) is 14.4 Å². The maximum absolute atomic E-state index is 11.1. The molecule has 0 unspecified atom stereocenters. The first kappa shape index (κ1) is 17.3. The number of fused-ring (bicyclic) bond motifs is 2. The Kier molecular flexibility index (Phi) is 3.96. The summed E-state index contributed by atoms with van der Waals surface area (Å²) in [6, 6.07) is 20.9. The van der Waals surface area contributed by atoms with Crippen molar-refractivity contribution in [3.63, 3.8) is 0 Å². The number of H-pyrrole nitrogens is 1. The maximum Gasteiger partial charge on any atom is 0.270 e. The number of hydrogen-bond acceptors (Lipinski definition) is 4. The molecule has 29 heavy (non-hydrogen) atoms. The molecule has 5 aromatic rings. The van der Waals surface area contributed by atoms with E-state index in [0.717, 1.165) is 33.2 Å². The van der Waals surface area contributed by atoms with Gasteiger partial charge in [0, 0.05) is 35.7 Å². The number of non-ortho nitro benzene ring substituents is 1. The van der Waals surface area contributed by atoms with Gasteiger partial charge in [-0.1, -0.05) is 48.5 Å². The molecule has 2 aromatic heterocycles. The molecule has 0 saturated heterocycles. The second kappa shape index (κ2) is 6.65. The zero-order chi connectivity index (χ0) is 20.0. The first-order chi connectivity index (χ1) is 14.1. The van der Waals surface area contributed by atoms with E-state index in [1.807, 2.05) is 24.4 Å². The highest BCUT2D eigenvalue weighted by Gasteiger charge is 2.13. The normalized spacial score (nSPS) is 11.2. The number of hydrogen-bond donors (Lipinski definition) is 1. The summed E-state index contributed by atoms with van der Waals surface area (Å²) in [5, 5.41) is 13.4. The third-order valence-corrected chi connectivity index (χ3v) is 5.25. The van der Waals surface area contributed by atoms with E-state index < -0.39 is 4.92 Å². The van der Waals surface area contributed by atoms with Crippen LogP contribution in [-0.4, -0.2) is 19.3 Å². The second-order valence-corrected chi connectivity index (χ2v) is 7.08. The number of aromatic nitrogens is 3. The molecule has 0 aliphatic heterocycles. The van der Waals surface area contributed by atoms with E-state index in [4.69, 9.17) is 12.2 Å². The van der Waals surface area contributed by atoms with Gasteiger partial charge in [-0.3, -0.25) is 14.5 Å². The van der Waals surface area contributed by atoms with Crippen LogP contribution in [0.15, 0.2) is 79.1 Å². The predicted octanol–water partition coefficient (Wildman–Crippen LogP) is 5.79. The minimum absolute atomic E-state index is 0.0395. The van der Waals surface area contributed by atoms with Gasteiger partial charge in [0.2, 0.25) is 4.77 Å². The van der Waals surface area contributed by atoms with Crippen LogP contribution in [0.4, 0.5) is 5.69 Å². The number of benzene rings is 3. The third-order valence-electron chi connectivity index (χ3n) is 4.95. The van der Waals surface area contributed by atoms with E-state index in [1.165, 1.54) is 12.1 Å². The average molecular weight is 398 g/mol. The van der Waals surface area contributed by atoms with Gasteiger partial charge in [0.1, 0.15) is 5.65 Å². The van der Waals surface area contributed by atoms with Crippen molar-refractivity contribution in [2.45, 2.75) is 0 Å². The lowest BCUT2D eigenvalue weighted by Crippen LogP contribution is -1.92. The quantitative estimate of drug-likeness (QED) is 0.237. The molecule has 140 valence electrons. The Morgan fingerprint density at radius 3 is 2.62 bits per heavy atom. The van der Waals surface area contributed by atoms with Crippen LogP contribution in [0.3, 0.4) is 0 Å². The van der Waals surface area contributed by atoms with Gasteiger partial charge in [0.05, 0.1) is 10.6 Å². The fourth-order valence-corrected chi connectivity index (χ4v) is 3.70. The van der Waals surface area contributed by atoms with E-state index in [1.54, 1.807) is 16.7 Å². The molecule has 7 heteroatoms. The van der Waals surface area contributed by atoms with Crippen molar-refractivity contribution in [2.75, 3.05) is 0 Å². The number of nitrogens with one attached hydrogen (secondary N) is 1. The highest BCUT2D eigenvalue weighted by atomic mass is 32.1. The number of rotatable bonds is 3. The van der Waals surface area contributed by atoms with E-state index in [-0.39, 0.29) is 5.69 Å². The molecule has 0 radical (unpaired) electrons. The molecule has 0 aliphatic carbocycles. The summed E-state index contributed by atoms with van der Waals surface area (Å²) in [4.78, 5) is 18.5. The first-order valence-corrected chi connectivity index (χ1v) is 9.35. The highest BCUT2D eigenvalue weighted by Crippen LogP contribution is 2.30. The van der Waals surface area contributed by atoms with Crippen LogP contribution in [0, 0.1) is 14.9 Å². The molecule has 0 fully saturated rings. The van der Waals surface area contributed by atoms with Crippen molar-refractivity contribution in [1.29, 1.82) is 0 Å². The second-order valence-electron chi connectivity index (χ2n) is 6.71. The number of imidazole rings is 1. The molecule has 3 aromatic carbocycles.